The lowest BCUT2D eigenvalue weighted by molar-refractivity contribution is -0.137. The van der Waals surface area contributed by atoms with E-state index in [1.54, 1.807) is 0 Å². The van der Waals surface area contributed by atoms with E-state index in [2.05, 4.69) is 15.9 Å². The van der Waals surface area contributed by atoms with Crippen LogP contribution in [0.15, 0.2) is 22.7 Å². The minimum Gasteiger partial charge on any atom is -0.391 e. The van der Waals surface area contributed by atoms with Gasteiger partial charge >= 0.3 is 6.18 Å². The molecule has 2 nitrogen and oxygen atoms in total. The summed E-state index contributed by atoms with van der Waals surface area (Å²) in [4.78, 5) is 0. The first-order valence-electron chi connectivity index (χ1n) is 6.43. The molecule has 0 amide bonds. The molecule has 0 aromatic heterocycles. The molecular formula is C14H19BrF3NO. The highest BCUT2D eigenvalue weighted by atomic mass is 79.9. The average Bonchev–Trinajstić information content (AvgIpc) is 2.34. The molecule has 3 N–H and O–H groups in total. The summed E-state index contributed by atoms with van der Waals surface area (Å²) in [6.45, 7) is 4.02. The fraction of sp³-hybridized carbons (Fsp3) is 0.571. The summed E-state index contributed by atoms with van der Waals surface area (Å²) in [6.07, 6.45) is -4.05. The Morgan fingerprint density at radius 3 is 2.35 bits per heavy atom. The number of rotatable bonds is 5. The Labute approximate surface area is 125 Å². The lowest BCUT2D eigenvalue weighted by atomic mass is 9.95. The van der Waals surface area contributed by atoms with Crippen molar-refractivity contribution in [2.75, 3.05) is 0 Å². The van der Waals surface area contributed by atoms with Crippen molar-refractivity contribution in [1.82, 2.24) is 0 Å². The molecule has 0 fully saturated rings. The van der Waals surface area contributed by atoms with Gasteiger partial charge in [-0.3, -0.25) is 0 Å². The lowest BCUT2D eigenvalue weighted by Crippen LogP contribution is -2.27. The molecule has 0 aliphatic rings. The molecular weight excluding hydrogens is 335 g/mol. The third kappa shape index (κ3) is 4.75. The summed E-state index contributed by atoms with van der Waals surface area (Å²) in [7, 11) is 0. The van der Waals surface area contributed by atoms with Crippen LogP contribution in [0.25, 0.3) is 0 Å². The van der Waals surface area contributed by atoms with E-state index in [0.717, 1.165) is 18.6 Å². The first-order chi connectivity index (χ1) is 9.12. The normalized spacial score (nSPS) is 15.4. The van der Waals surface area contributed by atoms with Crippen molar-refractivity contribution in [2.24, 2.45) is 11.7 Å². The number of aliphatic hydroxyl groups is 1. The second kappa shape index (κ2) is 6.91. The number of halogens is 4. The van der Waals surface area contributed by atoms with Crippen molar-refractivity contribution < 1.29 is 18.3 Å². The first-order valence-corrected chi connectivity index (χ1v) is 7.22. The second-order valence-corrected chi connectivity index (χ2v) is 6.15. The van der Waals surface area contributed by atoms with Gasteiger partial charge in [0.1, 0.15) is 0 Å². The number of nitrogens with two attached hydrogens (primary N) is 1. The quantitative estimate of drug-likeness (QED) is 0.830. The Kier molecular flexibility index (Phi) is 6.04. The van der Waals surface area contributed by atoms with Gasteiger partial charge in [-0.1, -0.05) is 29.8 Å². The summed E-state index contributed by atoms with van der Waals surface area (Å²) < 4.78 is 38.6. The largest absolute Gasteiger partial charge is 0.416 e. The first kappa shape index (κ1) is 17.5. The molecule has 0 saturated carbocycles. The van der Waals surface area contributed by atoms with Gasteiger partial charge in [0.15, 0.2) is 0 Å². The number of hydrogen-bond acceptors (Lipinski definition) is 2. The highest BCUT2D eigenvalue weighted by Gasteiger charge is 2.32. The molecule has 2 atom stereocenters. The average molecular weight is 354 g/mol. The van der Waals surface area contributed by atoms with E-state index < -0.39 is 23.9 Å². The Bertz CT molecular complexity index is 449. The van der Waals surface area contributed by atoms with Gasteiger partial charge in [0.25, 0.3) is 0 Å². The third-order valence-corrected chi connectivity index (χ3v) is 3.86. The molecule has 0 bridgehead atoms. The highest BCUT2D eigenvalue weighted by Crippen LogP contribution is 2.34. The van der Waals surface area contributed by atoms with Gasteiger partial charge < -0.3 is 10.8 Å². The van der Waals surface area contributed by atoms with Gasteiger partial charge in [-0.05, 0) is 42.5 Å². The molecule has 6 heteroatoms. The van der Waals surface area contributed by atoms with E-state index in [1.807, 2.05) is 13.8 Å². The van der Waals surface area contributed by atoms with Gasteiger partial charge in [-0.15, -0.1) is 0 Å². The van der Waals surface area contributed by atoms with Crippen molar-refractivity contribution in [3.8, 4) is 0 Å². The van der Waals surface area contributed by atoms with Crippen LogP contribution in [-0.2, 0) is 6.18 Å². The summed E-state index contributed by atoms with van der Waals surface area (Å²) >= 11 is 3.19. The lowest BCUT2D eigenvalue weighted by Gasteiger charge is -2.22. The van der Waals surface area contributed by atoms with Gasteiger partial charge in [-0.25, -0.2) is 0 Å². The predicted molar refractivity (Wildman–Crippen MR) is 76.2 cm³/mol. The Balaban J connectivity index is 2.94. The number of alkyl halides is 3. The van der Waals surface area contributed by atoms with E-state index in [9.17, 15) is 18.3 Å². The molecule has 1 aromatic rings. The van der Waals surface area contributed by atoms with Crippen molar-refractivity contribution in [3.63, 3.8) is 0 Å². The van der Waals surface area contributed by atoms with Crippen molar-refractivity contribution in [2.45, 2.75) is 45.0 Å². The van der Waals surface area contributed by atoms with Crippen LogP contribution in [0, 0.1) is 5.92 Å². The van der Waals surface area contributed by atoms with Crippen LogP contribution in [-0.4, -0.2) is 11.2 Å². The smallest absolute Gasteiger partial charge is 0.391 e. The van der Waals surface area contributed by atoms with Gasteiger partial charge in [0.05, 0.1) is 17.7 Å². The molecule has 0 spiro atoms. The number of aliphatic hydroxyl groups excluding tert-OH is 1. The zero-order valence-electron chi connectivity index (χ0n) is 11.4. The molecule has 0 radical (unpaired) electrons. The van der Waals surface area contributed by atoms with Crippen LogP contribution >= 0.6 is 15.9 Å². The van der Waals surface area contributed by atoms with E-state index >= 15 is 0 Å². The van der Waals surface area contributed by atoms with Crippen molar-refractivity contribution >= 4 is 15.9 Å². The van der Waals surface area contributed by atoms with Crippen molar-refractivity contribution in [1.29, 1.82) is 0 Å². The monoisotopic (exact) mass is 353 g/mol. The fourth-order valence-corrected chi connectivity index (χ4v) is 2.38. The zero-order valence-corrected chi connectivity index (χ0v) is 13.0. The minimum atomic E-state index is -4.42. The molecule has 0 unspecified atom stereocenters. The molecule has 0 aliphatic carbocycles. The molecule has 0 saturated heterocycles. The Hall–Kier alpha value is -0.590. The number of hydrogen-bond donors (Lipinski definition) is 2. The third-order valence-electron chi connectivity index (χ3n) is 3.14. The van der Waals surface area contributed by atoms with Gasteiger partial charge in [0.2, 0.25) is 0 Å². The molecule has 0 aliphatic heterocycles. The fourth-order valence-electron chi connectivity index (χ4n) is 1.87. The van der Waals surface area contributed by atoms with Crippen LogP contribution in [0.1, 0.15) is 43.9 Å². The topological polar surface area (TPSA) is 46.2 Å². The van der Waals surface area contributed by atoms with E-state index in [-0.39, 0.29) is 5.56 Å². The summed E-state index contributed by atoms with van der Waals surface area (Å²) in [6, 6.07) is 2.45. The summed E-state index contributed by atoms with van der Waals surface area (Å²) in [5.41, 5.74) is 5.40. The SMILES string of the molecule is CC(C)CC[C@@H](O)[C@@H](N)c1cc(C(F)(F)F)ccc1Br. The standard InChI is InChI=1S/C14H19BrF3NO/c1-8(2)3-6-12(20)13(19)10-7-9(14(16,17)18)4-5-11(10)15/h4-5,7-8,12-13,20H,3,6,19H2,1-2H3/t12-,13+/m1/s1. The van der Waals surface area contributed by atoms with E-state index in [1.165, 1.54) is 6.07 Å². The molecule has 1 rings (SSSR count). The summed E-state index contributed by atoms with van der Waals surface area (Å²) in [5, 5.41) is 10.0. The zero-order chi connectivity index (χ0) is 15.5. The van der Waals surface area contributed by atoms with Crippen LogP contribution in [0.5, 0.6) is 0 Å². The van der Waals surface area contributed by atoms with Crippen LogP contribution in [0.2, 0.25) is 0 Å². The minimum absolute atomic E-state index is 0.274. The van der Waals surface area contributed by atoms with E-state index in [0.29, 0.717) is 16.8 Å². The van der Waals surface area contributed by atoms with Gasteiger partial charge in [0, 0.05) is 4.47 Å². The Morgan fingerprint density at radius 2 is 1.85 bits per heavy atom. The summed E-state index contributed by atoms with van der Waals surface area (Å²) in [5.74, 6) is 0.404. The van der Waals surface area contributed by atoms with Crippen molar-refractivity contribution in [3.05, 3.63) is 33.8 Å². The van der Waals surface area contributed by atoms with Gasteiger partial charge in [-0.2, -0.15) is 13.2 Å². The van der Waals surface area contributed by atoms with Crippen LogP contribution < -0.4 is 5.73 Å². The maximum atomic E-state index is 12.7. The van der Waals surface area contributed by atoms with Crippen LogP contribution in [0.4, 0.5) is 13.2 Å². The molecule has 20 heavy (non-hydrogen) atoms. The molecule has 0 heterocycles. The second-order valence-electron chi connectivity index (χ2n) is 5.30. The predicted octanol–water partition coefficient (Wildman–Crippen LogP) is 4.26. The van der Waals surface area contributed by atoms with Crippen LogP contribution in [0.3, 0.4) is 0 Å². The molecule has 114 valence electrons. The van der Waals surface area contributed by atoms with E-state index in [4.69, 9.17) is 5.73 Å². The number of benzene rings is 1. The maximum Gasteiger partial charge on any atom is 0.416 e. The highest BCUT2D eigenvalue weighted by molar-refractivity contribution is 9.10. The molecule has 1 aromatic carbocycles. The maximum absolute atomic E-state index is 12.7. The Morgan fingerprint density at radius 1 is 1.25 bits per heavy atom.